The van der Waals surface area contributed by atoms with Crippen LogP contribution < -0.4 is 0 Å². The van der Waals surface area contributed by atoms with E-state index in [0.717, 1.165) is 27.8 Å². The minimum Gasteiger partial charge on any atom is -0.480 e. The van der Waals surface area contributed by atoms with Crippen molar-refractivity contribution in [2.45, 2.75) is 26.3 Å². The third-order valence-electron chi connectivity index (χ3n) is 4.33. The maximum Gasteiger partial charge on any atom is 0.328 e. The van der Waals surface area contributed by atoms with Crippen LogP contribution in [0.5, 0.6) is 0 Å². The van der Waals surface area contributed by atoms with Gasteiger partial charge in [0.15, 0.2) is 6.04 Å². The fourth-order valence-corrected chi connectivity index (χ4v) is 4.07. The lowest BCUT2D eigenvalue weighted by Gasteiger charge is -2.16. The molecule has 8 nitrogen and oxygen atoms in total. The molecule has 0 aromatic heterocycles. The van der Waals surface area contributed by atoms with Gasteiger partial charge in [-0.05, 0) is 19.4 Å². The van der Waals surface area contributed by atoms with E-state index in [1.54, 1.807) is 6.92 Å². The zero-order valence-electron chi connectivity index (χ0n) is 15.8. The first kappa shape index (κ1) is 21.0. The first-order chi connectivity index (χ1) is 13.8. The zero-order valence-corrected chi connectivity index (χ0v) is 17.5. The summed E-state index contributed by atoms with van der Waals surface area (Å²) in [4.78, 5) is 37.4. The summed E-state index contributed by atoms with van der Waals surface area (Å²) in [5.74, 6) is -2.08. The average molecular weight is 434 g/mol. The van der Waals surface area contributed by atoms with Crippen molar-refractivity contribution < 1.29 is 24.2 Å². The van der Waals surface area contributed by atoms with Gasteiger partial charge in [-0.3, -0.25) is 19.5 Å². The van der Waals surface area contributed by atoms with E-state index < -0.39 is 23.9 Å². The molecule has 0 spiro atoms. The van der Waals surface area contributed by atoms with Crippen LogP contribution in [0.2, 0.25) is 0 Å². The molecular weight excluding hydrogens is 414 g/mol. The number of carboxylic acids is 1. The number of thioether (sulfide) groups is 1. The normalized spacial score (nSPS) is 20.4. The summed E-state index contributed by atoms with van der Waals surface area (Å²) in [6.07, 6.45) is 1.59. The summed E-state index contributed by atoms with van der Waals surface area (Å²) in [5, 5.41) is 15.3. The molecule has 1 amide bonds. The number of hydrogen-bond donors (Lipinski definition) is 1. The van der Waals surface area contributed by atoms with Crippen LogP contribution in [-0.2, 0) is 19.1 Å². The number of ether oxygens (including phenoxy) is 1. The Morgan fingerprint density at radius 1 is 1.38 bits per heavy atom. The van der Waals surface area contributed by atoms with E-state index >= 15 is 0 Å². The second kappa shape index (κ2) is 8.75. The number of aryl methyl sites for hydroxylation is 1. The Balaban J connectivity index is 1.83. The first-order valence-corrected chi connectivity index (χ1v) is 10.1. The van der Waals surface area contributed by atoms with Gasteiger partial charge in [-0.2, -0.15) is 5.10 Å². The Labute approximate surface area is 177 Å². The molecule has 3 rings (SSSR count). The topological polar surface area (TPSA) is 99.5 Å². The lowest BCUT2D eigenvalue weighted by Crippen LogP contribution is -2.35. The van der Waals surface area contributed by atoms with Gasteiger partial charge in [0.1, 0.15) is 10.9 Å². The number of rotatable bonds is 6. The molecule has 0 bridgehead atoms. The summed E-state index contributed by atoms with van der Waals surface area (Å²) in [6.45, 7) is 3.56. The SMILES string of the molecule is CCOC(=O)CN1C(=O)/C(=C/N2N=C(c3ccc(C)cc3)C[C@@H]2C(=O)O)SC1=S. The van der Waals surface area contributed by atoms with Gasteiger partial charge in [0.2, 0.25) is 0 Å². The Kier molecular flexibility index (Phi) is 6.33. The number of thiocarbonyl (C=S) groups is 1. The molecule has 1 atom stereocenters. The highest BCUT2D eigenvalue weighted by Crippen LogP contribution is 2.33. The third kappa shape index (κ3) is 4.65. The molecule has 2 aliphatic heterocycles. The van der Waals surface area contributed by atoms with E-state index in [1.165, 1.54) is 11.2 Å². The van der Waals surface area contributed by atoms with Crippen molar-refractivity contribution >= 4 is 51.9 Å². The number of amides is 1. The second-order valence-corrected chi connectivity index (χ2v) is 8.08. The number of carbonyl (C=O) groups excluding carboxylic acids is 2. The molecule has 2 heterocycles. The molecule has 0 unspecified atom stereocenters. The van der Waals surface area contributed by atoms with Crippen molar-refractivity contribution in [3.8, 4) is 0 Å². The molecule has 1 fully saturated rings. The molecule has 2 aliphatic rings. The number of aliphatic carboxylic acids is 1. The molecule has 0 aliphatic carbocycles. The van der Waals surface area contributed by atoms with Crippen molar-refractivity contribution in [2.75, 3.05) is 13.2 Å². The summed E-state index contributed by atoms with van der Waals surface area (Å²) in [6, 6.07) is 6.69. The molecule has 0 radical (unpaired) electrons. The summed E-state index contributed by atoms with van der Waals surface area (Å²) < 4.78 is 5.07. The number of hydrogen-bond acceptors (Lipinski definition) is 8. The van der Waals surface area contributed by atoms with Gasteiger partial charge in [0.05, 0.1) is 17.2 Å². The van der Waals surface area contributed by atoms with Crippen LogP contribution in [-0.4, -0.2) is 62.1 Å². The predicted molar refractivity (Wildman–Crippen MR) is 112 cm³/mol. The number of benzene rings is 1. The van der Waals surface area contributed by atoms with Crippen molar-refractivity contribution in [3.05, 3.63) is 46.5 Å². The zero-order chi connectivity index (χ0) is 21.1. The van der Waals surface area contributed by atoms with Crippen LogP contribution >= 0.6 is 24.0 Å². The maximum atomic E-state index is 12.6. The highest BCUT2D eigenvalue weighted by Gasteiger charge is 2.37. The highest BCUT2D eigenvalue weighted by molar-refractivity contribution is 8.26. The van der Waals surface area contributed by atoms with Crippen LogP contribution in [0.4, 0.5) is 0 Å². The van der Waals surface area contributed by atoms with Crippen LogP contribution in [0.15, 0.2) is 40.5 Å². The van der Waals surface area contributed by atoms with Crippen LogP contribution in [0.1, 0.15) is 24.5 Å². The Hall–Kier alpha value is -2.72. The lowest BCUT2D eigenvalue weighted by molar-refractivity contribution is -0.145. The van der Waals surface area contributed by atoms with E-state index in [0.29, 0.717) is 5.71 Å². The molecule has 152 valence electrons. The number of nitrogens with zero attached hydrogens (tertiary/aromatic N) is 3. The van der Waals surface area contributed by atoms with Crippen molar-refractivity contribution in [3.63, 3.8) is 0 Å². The van der Waals surface area contributed by atoms with Crippen molar-refractivity contribution in [1.82, 2.24) is 9.91 Å². The maximum absolute atomic E-state index is 12.6. The molecule has 1 aromatic rings. The van der Waals surface area contributed by atoms with Gasteiger partial charge in [0.25, 0.3) is 5.91 Å². The molecule has 29 heavy (non-hydrogen) atoms. The number of carbonyl (C=O) groups is 3. The van der Waals surface area contributed by atoms with E-state index in [9.17, 15) is 19.5 Å². The first-order valence-electron chi connectivity index (χ1n) is 8.87. The van der Waals surface area contributed by atoms with Crippen molar-refractivity contribution in [1.29, 1.82) is 0 Å². The minimum absolute atomic E-state index is 0.202. The Morgan fingerprint density at radius 2 is 2.07 bits per heavy atom. The van der Waals surface area contributed by atoms with Gasteiger partial charge in [0, 0.05) is 12.6 Å². The fraction of sp³-hybridized carbons (Fsp3) is 0.316. The largest absolute Gasteiger partial charge is 0.480 e. The second-order valence-electron chi connectivity index (χ2n) is 6.41. The number of hydrazone groups is 1. The van der Waals surface area contributed by atoms with Crippen LogP contribution in [0.25, 0.3) is 0 Å². The van der Waals surface area contributed by atoms with Gasteiger partial charge in [-0.15, -0.1) is 0 Å². The predicted octanol–water partition coefficient (Wildman–Crippen LogP) is 2.12. The smallest absolute Gasteiger partial charge is 0.328 e. The molecule has 10 heteroatoms. The minimum atomic E-state index is -1.05. The Bertz CT molecular complexity index is 926. The van der Waals surface area contributed by atoms with Gasteiger partial charge in [-0.1, -0.05) is 53.8 Å². The lowest BCUT2D eigenvalue weighted by atomic mass is 10.0. The van der Waals surface area contributed by atoms with E-state index in [4.69, 9.17) is 17.0 Å². The molecule has 1 N–H and O–H groups in total. The van der Waals surface area contributed by atoms with Gasteiger partial charge in [-0.25, -0.2) is 4.79 Å². The summed E-state index contributed by atoms with van der Waals surface area (Å²) in [7, 11) is 0. The van der Waals surface area contributed by atoms with Gasteiger partial charge < -0.3 is 9.84 Å². The molecule has 0 saturated carbocycles. The van der Waals surface area contributed by atoms with Crippen molar-refractivity contribution in [2.24, 2.45) is 5.10 Å². The Morgan fingerprint density at radius 3 is 2.69 bits per heavy atom. The third-order valence-corrected chi connectivity index (χ3v) is 5.69. The summed E-state index contributed by atoms with van der Waals surface area (Å²) >= 11 is 6.18. The van der Waals surface area contributed by atoms with E-state index in [1.807, 2.05) is 31.2 Å². The van der Waals surface area contributed by atoms with E-state index in [2.05, 4.69) is 5.10 Å². The quantitative estimate of drug-likeness (QED) is 0.414. The highest BCUT2D eigenvalue weighted by atomic mass is 32.2. The number of carboxylic acid groups (broad SMARTS) is 1. The summed E-state index contributed by atoms with van der Waals surface area (Å²) in [5.41, 5.74) is 2.53. The van der Waals surface area contributed by atoms with Crippen LogP contribution in [0.3, 0.4) is 0 Å². The van der Waals surface area contributed by atoms with Gasteiger partial charge >= 0.3 is 11.9 Å². The monoisotopic (exact) mass is 433 g/mol. The van der Waals surface area contributed by atoms with Crippen LogP contribution in [0, 0.1) is 6.92 Å². The molecule has 1 saturated heterocycles. The average Bonchev–Trinajstić information content (AvgIpc) is 3.20. The fourth-order valence-electron chi connectivity index (χ4n) is 2.85. The number of esters is 1. The van der Waals surface area contributed by atoms with E-state index in [-0.39, 0.29) is 28.8 Å². The standard InChI is InChI=1S/C19H19N3O5S2/c1-3-27-16(23)10-21-17(24)15(29-19(21)28)9-22-14(18(25)26)8-13(20-22)12-6-4-11(2)5-7-12/h4-7,9,14H,3,8,10H2,1-2H3,(H,25,26)/b15-9-/t14-/m1/s1. The molecule has 1 aromatic carbocycles. The molecular formula is C19H19N3O5S2.